The molecular formula is C17H28BrN3O2. The summed E-state index contributed by atoms with van der Waals surface area (Å²) in [5, 5.41) is 6.70. The highest BCUT2D eigenvalue weighted by Gasteiger charge is 2.11. The second-order valence-corrected chi connectivity index (χ2v) is 6.54. The predicted molar refractivity (Wildman–Crippen MR) is 99.5 cm³/mol. The summed E-state index contributed by atoms with van der Waals surface area (Å²) in [6, 6.07) is 4.30. The summed E-state index contributed by atoms with van der Waals surface area (Å²) >= 11 is 3.51. The van der Waals surface area contributed by atoms with Gasteiger partial charge in [0.1, 0.15) is 0 Å². The molecule has 0 saturated carbocycles. The smallest absolute Gasteiger partial charge is 0.191 e. The van der Waals surface area contributed by atoms with Crippen LogP contribution in [0.4, 0.5) is 0 Å². The van der Waals surface area contributed by atoms with Crippen LogP contribution in [-0.4, -0.2) is 32.8 Å². The van der Waals surface area contributed by atoms with Crippen molar-refractivity contribution in [2.45, 2.75) is 40.3 Å². The molecule has 0 aliphatic rings. The van der Waals surface area contributed by atoms with Gasteiger partial charge >= 0.3 is 0 Å². The fraction of sp³-hybridized carbons (Fsp3) is 0.588. The van der Waals surface area contributed by atoms with Gasteiger partial charge in [-0.1, -0.05) is 13.8 Å². The Labute approximate surface area is 148 Å². The number of guanidine groups is 1. The maximum atomic E-state index is 5.37. The van der Waals surface area contributed by atoms with Gasteiger partial charge < -0.3 is 20.1 Å². The molecule has 5 nitrogen and oxygen atoms in total. The average Bonchev–Trinajstić information content (AvgIpc) is 2.51. The lowest BCUT2D eigenvalue weighted by Crippen LogP contribution is -2.44. The molecule has 1 unspecified atom stereocenters. The fourth-order valence-electron chi connectivity index (χ4n) is 1.94. The number of hydrogen-bond donors (Lipinski definition) is 2. The first-order valence-electron chi connectivity index (χ1n) is 7.88. The number of nitrogens with zero attached hydrogens (tertiary/aromatic N) is 1. The van der Waals surface area contributed by atoms with Gasteiger partial charge in [-0.25, -0.2) is 4.99 Å². The van der Waals surface area contributed by atoms with Crippen LogP contribution in [0.2, 0.25) is 0 Å². The number of methoxy groups -OCH3 is 2. The van der Waals surface area contributed by atoms with Gasteiger partial charge in [-0.3, -0.25) is 0 Å². The predicted octanol–water partition coefficient (Wildman–Crippen LogP) is 3.57. The summed E-state index contributed by atoms with van der Waals surface area (Å²) in [4.78, 5) is 4.66. The molecule has 1 aromatic carbocycles. The van der Waals surface area contributed by atoms with Gasteiger partial charge in [0.2, 0.25) is 0 Å². The van der Waals surface area contributed by atoms with Crippen molar-refractivity contribution in [2.24, 2.45) is 10.9 Å². The van der Waals surface area contributed by atoms with Crippen molar-refractivity contribution in [3.8, 4) is 11.5 Å². The molecule has 0 aliphatic carbocycles. The van der Waals surface area contributed by atoms with Crippen LogP contribution >= 0.6 is 15.9 Å². The first-order valence-corrected chi connectivity index (χ1v) is 8.67. The summed E-state index contributed by atoms with van der Waals surface area (Å²) in [5.41, 5.74) is 1.05. The number of rotatable bonds is 7. The molecule has 0 aromatic heterocycles. The molecule has 0 spiro atoms. The molecule has 1 atom stereocenters. The lowest BCUT2D eigenvalue weighted by molar-refractivity contribution is 0.352. The summed E-state index contributed by atoms with van der Waals surface area (Å²) in [6.07, 6.45) is 0. The van der Waals surface area contributed by atoms with Crippen LogP contribution in [0.15, 0.2) is 21.6 Å². The Balaban J connectivity index is 2.92. The monoisotopic (exact) mass is 385 g/mol. The van der Waals surface area contributed by atoms with E-state index >= 15 is 0 Å². The topological polar surface area (TPSA) is 54.9 Å². The Kier molecular flexibility index (Phi) is 8.23. The summed E-state index contributed by atoms with van der Waals surface area (Å²) in [6.45, 7) is 9.97. The fourth-order valence-corrected chi connectivity index (χ4v) is 2.59. The standard InChI is InChI=1S/C17H28BrN3O2/c1-7-19-17(21-12(4)11(2)3)20-10-13-8-14(18)16(23-6)15(9-13)22-5/h8-9,11-12H,7,10H2,1-6H3,(H2,19,20,21). The molecule has 0 aliphatic heterocycles. The van der Waals surface area contributed by atoms with Crippen molar-refractivity contribution in [1.29, 1.82) is 0 Å². The molecule has 0 heterocycles. The number of benzene rings is 1. The number of halogens is 1. The molecular weight excluding hydrogens is 358 g/mol. The van der Waals surface area contributed by atoms with Gasteiger partial charge in [-0.05, 0) is 53.4 Å². The Morgan fingerprint density at radius 3 is 2.43 bits per heavy atom. The average molecular weight is 386 g/mol. The van der Waals surface area contributed by atoms with E-state index in [0.717, 1.165) is 22.5 Å². The highest BCUT2D eigenvalue weighted by atomic mass is 79.9. The normalized spacial score (nSPS) is 13.0. The van der Waals surface area contributed by atoms with Crippen LogP contribution in [0.1, 0.15) is 33.3 Å². The van der Waals surface area contributed by atoms with Gasteiger partial charge in [-0.15, -0.1) is 0 Å². The minimum atomic E-state index is 0.352. The van der Waals surface area contributed by atoms with E-state index in [0.29, 0.717) is 30.0 Å². The molecule has 2 N–H and O–H groups in total. The van der Waals surface area contributed by atoms with E-state index in [9.17, 15) is 0 Å². The van der Waals surface area contributed by atoms with Crippen LogP contribution in [-0.2, 0) is 6.54 Å². The summed E-state index contributed by atoms with van der Waals surface area (Å²) in [7, 11) is 3.26. The Morgan fingerprint density at radius 1 is 1.22 bits per heavy atom. The minimum absolute atomic E-state index is 0.352. The molecule has 0 amide bonds. The first-order chi connectivity index (χ1) is 10.9. The zero-order chi connectivity index (χ0) is 17.4. The third kappa shape index (κ3) is 5.94. The molecule has 6 heteroatoms. The molecule has 0 fully saturated rings. The molecule has 23 heavy (non-hydrogen) atoms. The summed E-state index contributed by atoms with van der Waals surface area (Å²) in [5.74, 6) is 2.74. The van der Waals surface area contributed by atoms with E-state index in [1.165, 1.54) is 0 Å². The van der Waals surface area contributed by atoms with Crippen molar-refractivity contribution in [3.63, 3.8) is 0 Å². The lowest BCUT2D eigenvalue weighted by atomic mass is 10.1. The molecule has 1 aromatic rings. The highest BCUT2D eigenvalue weighted by molar-refractivity contribution is 9.10. The number of hydrogen-bond acceptors (Lipinski definition) is 3. The van der Waals surface area contributed by atoms with Crippen LogP contribution in [0.3, 0.4) is 0 Å². The van der Waals surface area contributed by atoms with Crippen molar-refractivity contribution in [1.82, 2.24) is 10.6 Å². The van der Waals surface area contributed by atoms with Gasteiger partial charge in [0, 0.05) is 12.6 Å². The number of ether oxygens (including phenoxy) is 2. The SMILES string of the molecule is CCNC(=NCc1cc(Br)c(OC)c(OC)c1)NC(C)C(C)C. The van der Waals surface area contributed by atoms with Crippen molar-refractivity contribution < 1.29 is 9.47 Å². The van der Waals surface area contributed by atoms with E-state index < -0.39 is 0 Å². The molecule has 0 saturated heterocycles. The van der Waals surface area contributed by atoms with E-state index in [1.807, 2.05) is 12.1 Å². The lowest BCUT2D eigenvalue weighted by Gasteiger charge is -2.20. The quantitative estimate of drug-likeness (QED) is 0.556. The zero-order valence-corrected chi connectivity index (χ0v) is 16.5. The van der Waals surface area contributed by atoms with Gasteiger partial charge in [0.25, 0.3) is 0 Å². The minimum Gasteiger partial charge on any atom is -0.493 e. The number of aliphatic imine (C=N–C) groups is 1. The largest absolute Gasteiger partial charge is 0.493 e. The van der Waals surface area contributed by atoms with Gasteiger partial charge in [-0.2, -0.15) is 0 Å². The third-order valence-electron chi connectivity index (χ3n) is 3.62. The van der Waals surface area contributed by atoms with E-state index in [1.54, 1.807) is 14.2 Å². The summed E-state index contributed by atoms with van der Waals surface area (Å²) < 4.78 is 11.6. The van der Waals surface area contributed by atoms with E-state index in [-0.39, 0.29) is 0 Å². The van der Waals surface area contributed by atoms with Crippen LogP contribution in [0.5, 0.6) is 11.5 Å². The van der Waals surface area contributed by atoms with Crippen LogP contribution in [0, 0.1) is 5.92 Å². The van der Waals surface area contributed by atoms with E-state index in [4.69, 9.17) is 9.47 Å². The van der Waals surface area contributed by atoms with Crippen molar-refractivity contribution in [2.75, 3.05) is 20.8 Å². The maximum absolute atomic E-state index is 5.37. The molecule has 0 bridgehead atoms. The second-order valence-electron chi connectivity index (χ2n) is 5.69. The number of nitrogens with one attached hydrogen (secondary N) is 2. The maximum Gasteiger partial charge on any atom is 0.191 e. The molecule has 0 radical (unpaired) electrons. The van der Waals surface area contributed by atoms with Crippen molar-refractivity contribution in [3.05, 3.63) is 22.2 Å². The third-order valence-corrected chi connectivity index (χ3v) is 4.21. The van der Waals surface area contributed by atoms with E-state index in [2.05, 4.69) is 59.3 Å². The van der Waals surface area contributed by atoms with Gasteiger partial charge in [0.05, 0.1) is 25.2 Å². The highest BCUT2D eigenvalue weighted by Crippen LogP contribution is 2.36. The van der Waals surface area contributed by atoms with Crippen molar-refractivity contribution >= 4 is 21.9 Å². The molecule has 1 rings (SSSR count). The molecule has 130 valence electrons. The Morgan fingerprint density at radius 2 is 1.91 bits per heavy atom. The Hall–Kier alpha value is -1.43. The zero-order valence-electron chi connectivity index (χ0n) is 14.9. The first kappa shape index (κ1) is 19.6. The van der Waals surface area contributed by atoms with Gasteiger partial charge in [0.15, 0.2) is 17.5 Å². The van der Waals surface area contributed by atoms with Crippen LogP contribution < -0.4 is 20.1 Å². The van der Waals surface area contributed by atoms with Crippen LogP contribution in [0.25, 0.3) is 0 Å². The second kappa shape index (κ2) is 9.65. The Bertz CT molecular complexity index is 533.